The molecule has 112 valence electrons. The largest absolute Gasteiger partial charge is 0.383 e. The molecule has 0 aromatic heterocycles. The van der Waals surface area contributed by atoms with Crippen molar-refractivity contribution in [2.24, 2.45) is 5.92 Å². The Hall–Kier alpha value is -0.700. The summed E-state index contributed by atoms with van der Waals surface area (Å²) >= 11 is 0. The minimum atomic E-state index is -3.43. The molecular weight excluding hydrogens is 270 g/mol. The van der Waals surface area contributed by atoms with Gasteiger partial charge in [-0.3, -0.25) is 4.79 Å². The van der Waals surface area contributed by atoms with E-state index < -0.39 is 10.2 Å². The highest BCUT2D eigenvalue weighted by molar-refractivity contribution is 7.86. The zero-order chi connectivity index (χ0) is 14.5. The molecule has 1 amide bonds. The lowest BCUT2D eigenvalue weighted by Crippen LogP contribution is -2.49. The van der Waals surface area contributed by atoms with Crippen LogP contribution in [0, 0.1) is 5.92 Å². The molecule has 0 aromatic carbocycles. The first-order valence-corrected chi connectivity index (χ1v) is 7.73. The molecule has 0 aliphatic carbocycles. The first-order chi connectivity index (χ1) is 8.89. The lowest BCUT2D eigenvalue weighted by Gasteiger charge is -2.32. The van der Waals surface area contributed by atoms with Gasteiger partial charge in [0.05, 0.1) is 12.5 Å². The Morgan fingerprint density at radius 3 is 2.74 bits per heavy atom. The van der Waals surface area contributed by atoms with Crippen molar-refractivity contribution in [3.63, 3.8) is 0 Å². The van der Waals surface area contributed by atoms with Crippen LogP contribution in [-0.4, -0.2) is 70.4 Å². The Morgan fingerprint density at radius 2 is 2.16 bits per heavy atom. The monoisotopic (exact) mass is 293 g/mol. The second-order valence-electron chi connectivity index (χ2n) is 4.77. The molecule has 0 radical (unpaired) electrons. The summed E-state index contributed by atoms with van der Waals surface area (Å²) in [5, 5.41) is 2.76. The molecule has 1 N–H and O–H groups in total. The average Bonchev–Trinajstić information content (AvgIpc) is 2.39. The number of hydrogen-bond donors (Lipinski definition) is 1. The fourth-order valence-corrected chi connectivity index (χ4v) is 3.21. The number of nitrogens with zero attached hydrogens (tertiary/aromatic N) is 2. The molecule has 8 heteroatoms. The van der Waals surface area contributed by atoms with Crippen LogP contribution in [-0.2, 0) is 19.7 Å². The van der Waals surface area contributed by atoms with Crippen molar-refractivity contribution in [1.29, 1.82) is 0 Å². The van der Waals surface area contributed by atoms with Crippen molar-refractivity contribution in [3.8, 4) is 0 Å². The first-order valence-electron chi connectivity index (χ1n) is 6.34. The maximum Gasteiger partial charge on any atom is 0.281 e. The van der Waals surface area contributed by atoms with Crippen LogP contribution < -0.4 is 5.32 Å². The molecule has 7 nitrogen and oxygen atoms in total. The fourth-order valence-electron chi connectivity index (χ4n) is 2.02. The zero-order valence-electron chi connectivity index (χ0n) is 11.8. The third kappa shape index (κ3) is 4.41. The van der Waals surface area contributed by atoms with Crippen molar-refractivity contribution in [1.82, 2.24) is 13.9 Å². The Labute approximate surface area is 115 Å². The number of nitrogens with one attached hydrogen (secondary N) is 1. The van der Waals surface area contributed by atoms with E-state index in [4.69, 9.17) is 4.74 Å². The quantitative estimate of drug-likeness (QED) is 0.655. The van der Waals surface area contributed by atoms with Gasteiger partial charge in [0.1, 0.15) is 0 Å². The predicted molar refractivity (Wildman–Crippen MR) is 71.8 cm³/mol. The smallest absolute Gasteiger partial charge is 0.281 e. The normalized spacial score (nSPS) is 21.6. The van der Waals surface area contributed by atoms with Gasteiger partial charge in [0, 0.05) is 40.8 Å². The summed E-state index contributed by atoms with van der Waals surface area (Å²) in [7, 11) is 1.13. The minimum absolute atomic E-state index is 0.101. The van der Waals surface area contributed by atoms with Gasteiger partial charge in [-0.1, -0.05) is 0 Å². The number of carbonyl (C=O) groups is 1. The highest BCUT2D eigenvalue weighted by Gasteiger charge is 2.33. The van der Waals surface area contributed by atoms with Gasteiger partial charge in [0.25, 0.3) is 10.2 Å². The highest BCUT2D eigenvalue weighted by atomic mass is 32.2. The van der Waals surface area contributed by atoms with Crippen LogP contribution in [0.25, 0.3) is 0 Å². The minimum Gasteiger partial charge on any atom is -0.383 e. The third-order valence-corrected chi connectivity index (χ3v) is 5.06. The van der Waals surface area contributed by atoms with E-state index in [1.165, 1.54) is 22.7 Å². The number of carbonyl (C=O) groups excluding carboxylic acids is 1. The SMILES string of the molecule is COCCNC(=O)C1CCCN(S(=O)(=O)N(C)C)C1. The van der Waals surface area contributed by atoms with E-state index in [2.05, 4.69) is 5.32 Å². The molecule has 0 spiro atoms. The van der Waals surface area contributed by atoms with Crippen LogP contribution in [0.1, 0.15) is 12.8 Å². The van der Waals surface area contributed by atoms with Crippen LogP contribution in [0.4, 0.5) is 0 Å². The lowest BCUT2D eigenvalue weighted by atomic mass is 9.99. The van der Waals surface area contributed by atoms with Gasteiger partial charge in [-0.2, -0.15) is 17.0 Å². The molecule has 19 heavy (non-hydrogen) atoms. The van der Waals surface area contributed by atoms with E-state index in [1.54, 1.807) is 7.11 Å². The van der Waals surface area contributed by atoms with Gasteiger partial charge in [0.2, 0.25) is 5.91 Å². The maximum absolute atomic E-state index is 12.0. The van der Waals surface area contributed by atoms with E-state index in [-0.39, 0.29) is 18.4 Å². The van der Waals surface area contributed by atoms with Crippen molar-refractivity contribution < 1.29 is 17.9 Å². The number of piperidine rings is 1. The molecule has 1 aliphatic rings. The van der Waals surface area contributed by atoms with Gasteiger partial charge in [0.15, 0.2) is 0 Å². The van der Waals surface area contributed by atoms with Crippen molar-refractivity contribution in [2.75, 3.05) is 47.4 Å². The molecule has 0 aromatic rings. The van der Waals surface area contributed by atoms with E-state index >= 15 is 0 Å². The van der Waals surface area contributed by atoms with E-state index in [1.807, 2.05) is 0 Å². The second kappa shape index (κ2) is 7.18. The topological polar surface area (TPSA) is 79.0 Å². The van der Waals surface area contributed by atoms with E-state index in [9.17, 15) is 13.2 Å². The average molecular weight is 293 g/mol. The summed E-state index contributed by atoms with van der Waals surface area (Å²) < 4.78 is 31.4. The lowest BCUT2D eigenvalue weighted by molar-refractivity contribution is -0.126. The van der Waals surface area contributed by atoms with Crippen molar-refractivity contribution >= 4 is 16.1 Å². The summed E-state index contributed by atoms with van der Waals surface area (Å²) in [5.74, 6) is -0.379. The summed E-state index contributed by atoms with van der Waals surface area (Å²) in [5.41, 5.74) is 0. The van der Waals surface area contributed by atoms with Gasteiger partial charge in [-0.25, -0.2) is 0 Å². The molecule has 1 fully saturated rings. The predicted octanol–water partition coefficient (Wildman–Crippen LogP) is -0.733. The molecular formula is C11H23N3O4S. The van der Waals surface area contributed by atoms with Gasteiger partial charge in [-0.15, -0.1) is 0 Å². The van der Waals surface area contributed by atoms with Crippen LogP contribution >= 0.6 is 0 Å². The zero-order valence-corrected chi connectivity index (χ0v) is 12.6. The van der Waals surface area contributed by atoms with Gasteiger partial charge >= 0.3 is 0 Å². The number of ether oxygens (including phenoxy) is 1. The van der Waals surface area contributed by atoms with Crippen molar-refractivity contribution in [3.05, 3.63) is 0 Å². The Balaban J connectivity index is 2.57. The first kappa shape index (κ1) is 16.4. The van der Waals surface area contributed by atoms with Crippen LogP contribution in [0.3, 0.4) is 0 Å². The molecule has 1 atom stereocenters. The van der Waals surface area contributed by atoms with Crippen LogP contribution in [0.5, 0.6) is 0 Å². The third-order valence-electron chi connectivity index (χ3n) is 3.15. The number of methoxy groups -OCH3 is 1. The van der Waals surface area contributed by atoms with E-state index in [0.717, 1.165) is 6.42 Å². The maximum atomic E-state index is 12.0. The Morgan fingerprint density at radius 1 is 1.47 bits per heavy atom. The molecule has 1 rings (SSSR count). The fraction of sp³-hybridized carbons (Fsp3) is 0.909. The molecule has 1 unspecified atom stereocenters. The Kier molecular flexibility index (Phi) is 6.18. The number of hydrogen-bond acceptors (Lipinski definition) is 4. The molecule has 0 saturated carbocycles. The van der Waals surface area contributed by atoms with Gasteiger partial charge in [-0.05, 0) is 12.8 Å². The summed E-state index contributed by atoms with van der Waals surface area (Å²) in [6.45, 7) is 1.63. The van der Waals surface area contributed by atoms with Crippen LogP contribution in [0.15, 0.2) is 0 Å². The summed E-state index contributed by atoms with van der Waals surface area (Å²) in [4.78, 5) is 11.9. The van der Waals surface area contributed by atoms with Crippen LogP contribution in [0.2, 0.25) is 0 Å². The second-order valence-corrected chi connectivity index (χ2v) is 6.91. The molecule has 1 aliphatic heterocycles. The molecule has 1 heterocycles. The van der Waals surface area contributed by atoms with Gasteiger partial charge < -0.3 is 10.1 Å². The summed E-state index contributed by atoms with van der Waals surface area (Å²) in [6, 6.07) is 0. The molecule has 1 saturated heterocycles. The molecule has 0 bridgehead atoms. The number of rotatable bonds is 6. The van der Waals surface area contributed by atoms with E-state index in [0.29, 0.717) is 26.1 Å². The highest BCUT2D eigenvalue weighted by Crippen LogP contribution is 2.20. The standard InChI is InChI=1S/C11H23N3O4S/c1-13(2)19(16,17)14-7-4-5-10(9-14)11(15)12-6-8-18-3/h10H,4-9H2,1-3H3,(H,12,15). The summed E-state index contributed by atoms with van der Waals surface area (Å²) in [6.07, 6.45) is 1.42. The number of amides is 1. The van der Waals surface area contributed by atoms with Crippen molar-refractivity contribution in [2.45, 2.75) is 12.8 Å². The Bertz CT molecular complexity index is 397.